The van der Waals surface area contributed by atoms with Crippen LogP contribution in [0.25, 0.3) is 0 Å². The fourth-order valence-corrected chi connectivity index (χ4v) is 0. The van der Waals surface area contributed by atoms with Crippen LogP contribution in [0.2, 0.25) is 0 Å². The van der Waals surface area contributed by atoms with Crippen molar-refractivity contribution in [2.24, 2.45) is 0 Å². The summed E-state index contributed by atoms with van der Waals surface area (Å²) in [4.78, 5) is 0. The summed E-state index contributed by atoms with van der Waals surface area (Å²) in [7, 11) is 0. The molecule has 0 radical (unpaired) electrons. The van der Waals surface area contributed by atoms with Gasteiger partial charge in [0, 0.05) is 20.4 Å². The second kappa shape index (κ2) is 9.12. The first-order valence-corrected chi connectivity index (χ1v) is 1.21. The molecule has 0 spiro atoms. The molecule has 0 atom stereocenters. The van der Waals surface area contributed by atoms with Crippen molar-refractivity contribution in [1.82, 2.24) is 0 Å². The molecule has 2 heteroatoms. The fourth-order valence-electron chi connectivity index (χ4n) is 0. The Hall–Kier alpha value is 0.562. The summed E-state index contributed by atoms with van der Waals surface area (Å²) in [5, 5.41) is 0. The van der Waals surface area contributed by atoms with Crippen molar-refractivity contribution in [3.8, 4) is 0 Å². The van der Waals surface area contributed by atoms with Crippen LogP contribution >= 0.6 is 12.4 Å². The zero-order chi connectivity index (χ0) is 3.58. The minimum Gasteiger partial charge on any atom is -0.242 e. The Balaban J connectivity index is -0.0000000450. The van der Waals surface area contributed by atoms with E-state index in [0.717, 1.165) is 5.57 Å². The van der Waals surface area contributed by atoms with Crippen molar-refractivity contribution in [1.29, 1.82) is 0 Å². The van der Waals surface area contributed by atoms with E-state index in [1.165, 1.54) is 0 Å². The number of rotatable bonds is 0. The van der Waals surface area contributed by atoms with Gasteiger partial charge in [0.2, 0.25) is 0 Å². The summed E-state index contributed by atoms with van der Waals surface area (Å²) in [6.45, 7) is 8.75. The van der Waals surface area contributed by atoms with Crippen molar-refractivity contribution in [2.45, 2.75) is 6.92 Å². The van der Waals surface area contributed by atoms with E-state index in [2.05, 4.69) is 13.5 Å². The van der Waals surface area contributed by atoms with Crippen molar-refractivity contribution in [2.75, 3.05) is 0 Å². The largest absolute Gasteiger partial charge is 0.242 e. The van der Waals surface area contributed by atoms with Gasteiger partial charge in [-0.15, -0.1) is 12.4 Å². The van der Waals surface area contributed by atoms with Crippen LogP contribution < -0.4 is 0 Å². The van der Waals surface area contributed by atoms with Crippen LogP contribution in [0.5, 0.6) is 0 Å². The van der Waals surface area contributed by atoms with Gasteiger partial charge in [-0.3, -0.25) is 0 Å². The molecule has 0 saturated carbocycles. The van der Waals surface area contributed by atoms with E-state index in [4.69, 9.17) is 0 Å². The topological polar surface area (TPSA) is 0 Å². The summed E-state index contributed by atoms with van der Waals surface area (Å²) < 4.78 is 0. The first-order chi connectivity index (χ1) is 1.73. The maximum Gasteiger partial charge on any atom is 0 e. The van der Waals surface area contributed by atoms with Gasteiger partial charge in [-0.25, -0.2) is 19.1 Å². The average Bonchev–Trinajstić information content (AvgIpc) is 0.811. The third-order valence-corrected chi connectivity index (χ3v) is 0. The van der Waals surface area contributed by atoms with Crippen LogP contribution in [0.15, 0.2) is 12.2 Å². The summed E-state index contributed by atoms with van der Waals surface area (Å²) in [6.07, 6.45) is 0. The molecule has 0 heterocycles. The van der Waals surface area contributed by atoms with E-state index in [0.29, 0.717) is 0 Å². The van der Waals surface area contributed by atoms with Gasteiger partial charge in [0.15, 0.2) is 0 Å². The van der Waals surface area contributed by atoms with Gasteiger partial charge in [-0.1, -0.05) is 6.92 Å². The van der Waals surface area contributed by atoms with Gasteiger partial charge in [0.1, 0.15) is 0 Å². The molecule has 0 aromatic carbocycles. The molecule has 0 aliphatic rings. The van der Waals surface area contributed by atoms with Gasteiger partial charge >= 0.3 is 0 Å². The van der Waals surface area contributed by atoms with E-state index < -0.39 is 0 Å². The molecule has 6 heavy (non-hydrogen) atoms. The predicted molar refractivity (Wildman–Crippen MR) is 27.4 cm³/mol. The molecule has 0 N–H and O–H groups in total. The van der Waals surface area contributed by atoms with E-state index >= 15 is 0 Å². The molecule has 0 unspecified atom stereocenters. The Bertz CT molecular complexity index is 30.5. The summed E-state index contributed by atoms with van der Waals surface area (Å²) in [5.74, 6) is 0. The van der Waals surface area contributed by atoms with Crippen LogP contribution in [-0.4, -0.2) is 0 Å². The molecule has 42 valence electrons. The monoisotopic (exact) mass is 197 g/mol. The number of allylic oxidation sites excluding steroid dienone is 1. The minimum atomic E-state index is 0. The van der Waals surface area contributed by atoms with Crippen molar-refractivity contribution < 1.29 is 20.4 Å². The predicted octanol–water partition coefficient (Wildman–Crippen LogP) is 1.82. The molecular weight excluding hydrogens is 190 g/mol. The van der Waals surface area contributed by atoms with Gasteiger partial charge in [-0.05, 0) is 0 Å². The fraction of sp³-hybridized carbons (Fsp3) is 0.250. The Morgan fingerprint density at radius 3 is 1.67 bits per heavy atom. The first-order valence-electron chi connectivity index (χ1n) is 1.21. The van der Waals surface area contributed by atoms with E-state index in [1.54, 1.807) is 0 Å². The Kier molecular flexibility index (Phi) is 24.3. The molecule has 0 saturated heterocycles. The van der Waals surface area contributed by atoms with Crippen LogP contribution in [0.1, 0.15) is 6.92 Å². The Morgan fingerprint density at radius 2 is 1.67 bits per heavy atom. The van der Waals surface area contributed by atoms with E-state index in [-0.39, 0.29) is 32.8 Å². The number of hydrogen-bond donors (Lipinski definition) is 0. The molecular formula is C4H8ClPd-. The quantitative estimate of drug-likeness (QED) is 0.411. The second-order valence-corrected chi connectivity index (χ2v) is 0.957. The van der Waals surface area contributed by atoms with Gasteiger partial charge in [-0.2, -0.15) is 0 Å². The molecule has 0 aliphatic heterocycles. The smallest absolute Gasteiger partial charge is 0 e. The maximum absolute atomic E-state index is 3.44. The molecule has 0 rings (SSSR count). The molecule has 0 amide bonds. The van der Waals surface area contributed by atoms with Gasteiger partial charge in [0.05, 0.1) is 0 Å². The normalized spacial score (nSPS) is 4.17. The zero-order valence-electron chi connectivity index (χ0n) is 3.64. The Morgan fingerprint density at radius 1 is 1.67 bits per heavy atom. The summed E-state index contributed by atoms with van der Waals surface area (Å²) in [5.41, 5.74) is 0.917. The summed E-state index contributed by atoms with van der Waals surface area (Å²) >= 11 is 0. The van der Waals surface area contributed by atoms with Crippen LogP contribution in [0, 0.1) is 6.92 Å². The van der Waals surface area contributed by atoms with Gasteiger partial charge in [0.25, 0.3) is 0 Å². The third-order valence-electron chi connectivity index (χ3n) is 0. The van der Waals surface area contributed by atoms with Crippen LogP contribution in [0.3, 0.4) is 0 Å². The van der Waals surface area contributed by atoms with E-state index in [1.807, 2.05) is 6.92 Å². The van der Waals surface area contributed by atoms with Crippen molar-refractivity contribution in [3.05, 3.63) is 19.1 Å². The van der Waals surface area contributed by atoms with E-state index in [9.17, 15) is 0 Å². The first kappa shape index (κ1) is 16.0. The molecule has 0 aromatic heterocycles. The zero-order valence-corrected chi connectivity index (χ0v) is 6.01. The van der Waals surface area contributed by atoms with Crippen molar-refractivity contribution >= 4 is 12.4 Å². The van der Waals surface area contributed by atoms with Crippen molar-refractivity contribution in [3.63, 3.8) is 0 Å². The molecule has 0 aromatic rings. The van der Waals surface area contributed by atoms with Crippen LogP contribution in [0.4, 0.5) is 0 Å². The second-order valence-electron chi connectivity index (χ2n) is 0.957. The molecule has 0 fully saturated rings. The SMILES string of the molecule is C=C([CH2-])C.Cl.[Pd]. The molecule has 0 nitrogen and oxygen atoms in total. The van der Waals surface area contributed by atoms with Gasteiger partial charge < -0.3 is 0 Å². The average molecular weight is 198 g/mol. The minimum absolute atomic E-state index is 0. The number of hydrogen-bond acceptors (Lipinski definition) is 0. The van der Waals surface area contributed by atoms with Crippen LogP contribution in [-0.2, 0) is 20.4 Å². The Labute approximate surface area is 59.1 Å². The third kappa shape index (κ3) is 183. The molecule has 0 bridgehead atoms. The molecule has 0 aliphatic carbocycles. The standard InChI is InChI=1S/C4H7.ClH.Pd/c1-4(2)3;;/h1-2H2,3H3;1H;/q-1;;. The maximum atomic E-state index is 3.44. The number of halogens is 1. The summed E-state index contributed by atoms with van der Waals surface area (Å²) in [6, 6.07) is 0.